The van der Waals surface area contributed by atoms with Crippen molar-refractivity contribution >= 4 is 17.8 Å². The van der Waals surface area contributed by atoms with Crippen LogP contribution in [0.1, 0.15) is 26.2 Å². The van der Waals surface area contributed by atoms with Crippen molar-refractivity contribution in [3.05, 3.63) is 24.3 Å². The molecule has 0 radical (unpaired) electrons. The number of hydrogen-bond acceptors (Lipinski definition) is 3. The first kappa shape index (κ1) is 11.6. The number of benzene rings is 1. The lowest BCUT2D eigenvalue weighted by molar-refractivity contribution is 0.308. The number of rotatable bonds is 6. The van der Waals surface area contributed by atoms with Gasteiger partial charge in [-0.15, -0.1) is 0 Å². The molecule has 0 amide bonds. The maximum absolute atomic E-state index is 5.61. The third-order valence-electron chi connectivity index (χ3n) is 2.01. The molecule has 3 heteroatoms. The maximum atomic E-state index is 5.61. The van der Waals surface area contributed by atoms with Crippen LogP contribution in [-0.2, 0) is 4.74 Å². The summed E-state index contributed by atoms with van der Waals surface area (Å²) in [5.41, 5.74) is 7.16. The topological polar surface area (TPSA) is 47.6 Å². The standard InChI is InChI=1S/C12H18N2O/c1-2-3-4-8-15-10-14-12-7-5-6-11(13)9-12/h5-7,9-10H,2-4,8,13H2,1H3/b14-10+. The summed E-state index contributed by atoms with van der Waals surface area (Å²) in [5.74, 6) is 0. The summed E-state index contributed by atoms with van der Waals surface area (Å²) in [6.07, 6.45) is 4.98. The maximum Gasteiger partial charge on any atom is 0.174 e. The molecule has 0 spiro atoms. The molecular formula is C12H18N2O. The molecule has 1 aromatic carbocycles. The van der Waals surface area contributed by atoms with Gasteiger partial charge < -0.3 is 10.5 Å². The molecule has 1 rings (SSSR count). The van der Waals surface area contributed by atoms with Gasteiger partial charge in [0.25, 0.3) is 0 Å². The van der Waals surface area contributed by atoms with E-state index in [-0.39, 0.29) is 0 Å². The van der Waals surface area contributed by atoms with Crippen LogP contribution in [0.5, 0.6) is 0 Å². The lowest BCUT2D eigenvalue weighted by atomic mass is 10.3. The van der Waals surface area contributed by atoms with Crippen molar-refractivity contribution in [1.82, 2.24) is 0 Å². The Morgan fingerprint density at radius 2 is 2.27 bits per heavy atom. The van der Waals surface area contributed by atoms with Crippen molar-refractivity contribution in [1.29, 1.82) is 0 Å². The average molecular weight is 206 g/mol. The van der Waals surface area contributed by atoms with Crippen molar-refractivity contribution in [3.63, 3.8) is 0 Å². The number of aliphatic imine (C=N–C) groups is 1. The highest BCUT2D eigenvalue weighted by Crippen LogP contribution is 2.14. The van der Waals surface area contributed by atoms with E-state index in [2.05, 4.69) is 11.9 Å². The minimum Gasteiger partial charge on any atom is -0.483 e. The van der Waals surface area contributed by atoms with Crippen molar-refractivity contribution in [2.75, 3.05) is 12.3 Å². The molecule has 0 unspecified atom stereocenters. The number of hydrogen-bond donors (Lipinski definition) is 1. The van der Waals surface area contributed by atoms with Gasteiger partial charge in [0.2, 0.25) is 0 Å². The molecule has 0 saturated carbocycles. The Bertz CT molecular complexity index is 310. The predicted octanol–water partition coefficient (Wildman–Crippen LogP) is 3.14. The fraction of sp³-hybridized carbons (Fsp3) is 0.417. The summed E-state index contributed by atoms with van der Waals surface area (Å²) < 4.78 is 5.25. The van der Waals surface area contributed by atoms with Gasteiger partial charge in [0, 0.05) is 5.69 Å². The number of nitrogens with zero attached hydrogens (tertiary/aromatic N) is 1. The quantitative estimate of drug-likeness (QED) is 0.336. The summed E-state index contributed by atoms with van der Waals surface area (Å²) in [6.45, 7) is 2.90. The van der Waals surface area contributed by atoms with Gasteiger partial charge >= 0.3 is 0 Å². The minimum atomic E-state index is 0.718. The van der Waals surface area contributed by atoms with Crippen LogP contribution in [0.4, 0.5) is 11.4 Å². The van der Waals surface area contributed by atoms with Crippen molar-refractivity contribution in [3.8, 4) is 0 Å². The Labute approximate surface area is 91.0 Å². The zero-order valence-corrected chi connectivity index (χ0v) is 9.15. The molecule has 2 N–H and O–H groups in total. The molecule has 0 aromatic heterocycles. The molecule has 0 heterocycles. The molecule has 0 bridgehead atoms. The average Bonchev–Trinajstić information content (AvgIpc) is 2.23. The van der Waals surface area contributed by atoms with E-state index in [4.69, 9.17) is 10.5 Å². The Balaban J connectivity index is 2.26. The van der Waals surface area contributed by atoms with Crippen LogP contribution in [0, 0.1) is 0 Å². The zero-order chi connectivity index (χ0) is 10.9. The summed E-state index contributed by atoms with van der Waals surface area (Å²) in [5, 5.41) is 0. The Hall–Kier alpha value is -1.51. The predicted molar refractivity (Wildman–Crippen MR) is 64.5 cm³/mol. The zero-order valence-electron chi connectivity index (χ0n) is 9.15. The van der Waals surface area contributed by atoms with Gasteiger partial charge in [0.15, 0.2) is 6.40 Å². The molecule has 1 aromatic rings. The van der Waals surface area contributed by atoms with Crippen LogP contribution in [0.2, 0.25) is 0 Å². The van der Waals surface area contributed by atoms with Crippen LogP contribution < -0.4 is 5.73 Å². The van der Waals surface area contributed by atoms with Crippen molar-refractivity contribution in [2.45, 2.75) is 26.2 Å². The Morgan fingerprint density at radius 3 is 3.00 bits per heavy atom. The molecule has 0 aliphatic carbocycles. The molecule has 0 aliphatic rings. The van der Waals surface area contributed by atoms with Crippen LogP contribution >= 0.6 is 0 Å². The fourth-order valence-corrected chi connectivity index (χ4v) is 1.19. The fourth-order valence-electron chi connectivity index (χ4n) is 1.19. The number of nitrogen functional groups attached to an aromatic ring is 1. The van der Waals surface area contributed by atoms with Crippen LogP contribution in [0.3, 0.4) is 0 Å². The number of nitrogens with two attached hydrogens (primary N) is 1. The molecule has 0 aliphatic heterocycles. The van der Waals surface area contributed by atoms with Gasteiger partial charge in [-0.3, -0.25) is 0 Å². The highest BCUT2D eigenvalue weighted by molar-refractivity contribution is 5.59. The smallest absolute Gasteiger partial charge is 0.174 e. The third kappa shape index (κ3) is 5.05. The van der Waals surface area contributed by atoms with E-state index >= 15 is 0 Å². The molecule has 0 saturated heterocycles. The molecule has 15 heavy (non-hydrogen) atoms. The van der Waals surface area contributed by atoms with E-state index in [9.17, 15) is 0 Å². The van der Waals surface area contributed by atoms with Crippen molar-refractivity contribution < 1.29 is 4.74 Å². The van der Waals surface area contributed by atoms with E-state index in [1.165, 1.54) is 19.2 Å². The number of unbranched alkanes of at least 4 members (excludes halogenated alkanes) is 2. The van der Waals surface area contributed by atoms with Gasteiger partial charge in [-0.2, -0.15) is 0 Å². The minimum absolute atomic E-state index is 0.718. The van der Waals surface area contributed by atoms with Gasteiger partial charge in [0.05, 0.1) is 12.3 Å². The van der Waals surface area contributed by atoms with E-state index in [1.807, 2.05) is 24.3 Å². The highest BCUT2D eigenvalue weighted by atomic mass is 16.5. The van der Waals surface area contributed by atoms with Gasteiger partial charge in [-0.1, -0.05) is 25.8 Å². The molecule has 82 valence electrons. The van der Waals surface area contributed by atoms with E-state index < -0.39 is 0 Å². The van der Waals surface area contributed by atoms with Gasteiger partial charge in [-0.05, 0) is 24.6 Å². The largest absolute Gasteiger partial charge is 0.483 e. The molecule has 0 fully saturated rings. The Kier molecular flexibility index (Phi) is 5.30. The Morgan fingerprint density at radius 1 is 1.40 bits per heavy atom. The lowest BCUT2D eigenvalue weighted by Crippen LogP contribution is -1.91. The van der Waals surface area contributed by atoms with Crippen LogP contribution in [0.15, 0.2) is 29.3 Å². The lowest BCUT2D eigenvalue weighted by Gasteiger charge is -1.98. The summed E-state index contributed by atoms with van der Waals surface area (Å²) >= 11 is 0. The number of ether oxygens (including phenoxy) is 1. The van der Waals surface area contributed by atoms with Gasteiger partial charge in [-0.25, -0.2) is 4.99 Å². The van der Waals surface area contributed by atoms with Gasteiger partial charge in [0.1, 0.15) is 0 Å². The van der Waals surface area contributed by atoms with Crippen molar-refractivity contribution in [2.24, 2.45) is 4.99 Å². The third-order valence-corrected chi connectivity index (χ3v) is 2.01. The number of anilines is 1. The molecular weight excluding hydrogens is 188 g/mol. The molecule has 0 atom stereocenters. The second-order valence-electron chi connectivity index (χ2n) is 3.41. The first-order chi connectivity index (χ1) is 7.33. The first-order valence-electron chi connectivity index (χ1n) is 5.32. The van der Waals surface area contributed by atoms with Crippen LogP contribution in [0.25, 0.3) is 0 Å². The SMILES string of the molecule is CCCCCO/C=N/c1cccc(N)c1. The normalized spacial score (nSPS) is 10.7. The monoisotopic (exact) mass is 206 g/mol. The van der Waals surface area contributed by atoms with E-state index in [0.717, 1.165) is 24.4 Å². The highest BCUT2D eigenvalue weighted by Gasteiger charge is 1.88. The second-order valence-corrected chi connectivity index (χ2v) is 3.41. The van der Waals surface area contributed by atoms with E-state index in [1.54, 1.807) is 0 Å². The van der Waals surface area contributed by atoms with Crippen LogP contribution in [-0.4, -0.2) is 13.0 Å². The molecule has 3 nitrogen and oxygen atoms in total. The summed E-state index contributed by atoms with van der Waals surface area (Å²) in [4.78, 5) is 4.14. The van der Waals surface area contributed by atoms with E-state index in [0.29, 0.717) is 0 Å². The summed E-state index contributed by atoms with van der Waals surface area (Å²) in [7, 11) is 0. The summed E-state index contributed by atoms with van der Waals surface area (Å²) in [6, 6.07) is 7.41. The first-order valence-corrected chi connectivity index (χ1v) is 5.32. The second kappa shape index (κ2) is 6.87.